The van der Waals surface area contributed by atoms with Gasteiger partial charge in [0, 0.05) is 24.1 Å². The lowest BCUT2D eigenvalue weighted by molar-refractivity contribution is 0.0945. The normalized spacial score (nSPS) is 10.5. The van der Waals surface area contributed by atoms with Crippen LogP contribution < -0.4 is 10.2 Å². The number of aromatic nitrogens is 3. The zero-order chi connectivity index (χ0) is 19.2. The summed E-state index contributed by atoms with van der Waals surface area (Å²) >= 11 is 0. The van der Waals surface area contributed by atoms with Crippen LogP contribution in [0.5, 0.6) is 0 Å². The third kappa shape index (κ3) is 4.67. The van der Waals surface area contributed by atoms with E-state index >= 15 is 0 Å². The van der Waals surface area contributed by atoms with Gasteiger partial charge in [-0.05, 0) is 56.7 Å². The van der Waals surface area contributed by atoms with Crippen LogP contribution in [0, 0.1) is 13.8 Å². The molecular formula is C21H23N5O. The highest BCUT2D eigenvalue weighted by atomic mass is 16.1. The highest BCUT2D eigenvalue weighted by molar-refractivity contribution is 5.92. The van der Waals surface area contributed by atoms with Crippen molar-refractivity contribution in [1.82, 2.24) is 20.3 Å². The molecule has 27 heavy (non-hydrogen) atoms. The summed E-state index contributed by atoms with van der Waals surface area (Å²) in [6.07, 6.45) is 1.70. The smallest absolute Gasteiger partial charge is 0.270 e. The first-order valence-electron chi connectivity index (χ1n) is 8.95. The zero-order valence-corrected chi connectivity index (χ0v) is 15.8. The molecule has 0 radical (unpaired) electrons. The maximum absolute atomic E-state index is 12.6. The first kappa shape index (κ1) is 18.5. The van der Waals surface area contributed by atoms with E-state index in [1.165, 1.54) is 0 Å². The standard InChI is InChI=1S/C21H23N5O/c1-4-26(18-10-7-8-15(2)12-18)21-24-16(3)13-19(25-21)20(27)23-14-17-9-5-6-11-22-17/h5-13H,4,14H2,1-3H3,(H,23,27). The number of rotatable bonds is 6. The number of nitrogens with one attached hydrogen (secondary N) is 1. The average Bonchev–Trinajstić information content (AvgIpc) is 2.67. The largest absolute Gasteiger partial charge is 0.345 e. The Labute approximate surface area is 159 Å². The van der Waals surface area contributed by atoms with Gasteiger partial charge in [-0.1, -0.05) is 18.2 Å². The molecule has 138 valence electrons. The fourth-order valence-corrected chi connectivity index (χ4v) is 2.79. The van der Waals surface area contributed by atoms with Crippen molar-refractivity contribution in [3.63, 3.8) is 0 Å². The van der Waals surface area contributed by atoms with E-state index in [4.69, 9.17) is 0 Å². The van der Waals surface area contributed by atoms with E-state index in [0.29, 0.717) is 24.7 Å². The summed E-state index contributed by atoms with van der Waals surface area (Å²) in [5, 5.41) is 2.87. The number of hydrogen-bond donors (Lipinski definition) is 1. The lowest BCUT2D eigenvalue weighted by Crippen LogP contribution is -2.26. The van der Waals surface area contributed by atoms with Crippen LogP contribution in [0.2, 0.25) is 0 Å². The van der Waals surface area contributed by atoms with E-state index < -0.39 is 0 Å². The van der Waals surface area contributed by atoms with Crippen LogP contribution in [-0.2, 0) is 6.54 Å². The van der Waals surface area contributed by atoms with Crippen molar-refractivity contribution in [2.75, 3.05) is 11.4 Å². The summed E-state index contributed by atoms with van der Waals surface area (Å²) in [5.74, 6) is 0.277. The van der Waals surface area contributed by atoms with Crippen LogP contribution in [0.15, 0.2) is 54.7 Å². The van der Waals surface area contributed by atoms with E-state index in [1.54, 1.807) is 12.3 Å². The minimum absolute atomic E-state index is 0.243. The fraction of sp³-hybridized carbons (Fsp3) is 0.238. The molecule has 0 aliphatic heterocycles. The van der Waals surface area contributed by atoms with Crippen LogP contribution >= 0.6 is 0 Å². The molecule has 3 rings (SSSR count). The Kier molecular flexibility index (Phi) is 5.76. The van der Waals surface area contributed by atoms with Gasteiger partial charge in [-0.2, -0.15) is 0 Å². The van der Waals surface area contributed by atoms with Crippen LogP contribution in [0.25, 0.3) is 0 Å². The van der Waals surface area contributed by atoms with E-state index in [9.17, 15) is 4.79 Å². The van der Waals surface area contributed by atoms with Crippen molar-refractivity contribution in [2.24, 2.45) is 0 Å². The lowest BCUT2D eigenvalue weighted by atomic mass is 10.2. The number of hydrogen-bond acceptors (Lipinski definition) is 5. The van der Waals surface area contributed by atoms with Crippen molar-refractivity contribution in [2.45, 2.75) is 27.3 Å². The van der Waals surface area contributed by atoms with Gasteiger partial charge in [0.1, 0.15) is 5.69 Å². The monoisotopic (exact) mass is 361 g/mol. The minimum Gasteiger partial charge on any atom is -0.345 e. The lowest BCUT2D eigenvalue weighted by Gasteiger charge is -2.22. The van der Waals surface area contributed by atoms with Gasteiger partial charge in [0.25, 0.3) is 5.91 Å². The van der Waals surface area contributed by atoms with Gasteiger partial charge in [-0.3, -0.25) is 9.78 Å². The van der Waals surface area contributed by atoms with Crippen molar-refractivity contribution in [3.05, 3.63) is 77.4 Å². The molecule has 0 saturated carbocycles. The number of aryl methyl sites for hydroxylation is 2. The highest BCUT2D eigenvalue weighted by Crippen LogP contribution is 2.23. The third-order valence-electron chi connectivity index (χ3n) is 4.10. The van der Waals surface area contributed by atoms with E-state index in [0.717, 1.165) is 22.6 Å². The molecule has 1 N–H and O–H groups in total. The predicted molar refractivity (Wildman–Crippen MR) is 106 cm³/mol. The average molecular weight is 361 g/mol. The van der Waals surface area contributed by atoms with Gasteiger partial charge in [-0.15, -0.1) is 0 Å². The summed E-state index contributed by atoms with van der Waals surface area (Å²) in [5.41, 5.74) is 4.05. The maximum atomic E-state index is 12.6. The Morgan fingerprint density at radius 3 is 2.63 bits per heavy atom. The molecular weight excluding hydrogens is 338 g/mol. The molecule has 0 atom stereocenters. The zero-order valence-electron chi connectivity index (χ0n) is 15.8. The van der Waals surface area contributed by atoms with Crippen LogP contribution in [-0.4, -0.2) is 27.4 Å². The van der Waals surface area contributed by atoms with Gasteiger partial charge in [0.05, 0.1) is 12.2 Å². The summed E-state index contributed by atoms with van der Waals surface area (Å²) in [6.45, 7) is 7.00. The van der Waals surface area contributed by atoms with Crippen LogP contribution in [0.1, 0.15) is 34.4 Å². The molecule has 0 bridgehead atoms. The van der Waals surface area contributed by atoms with Crippen LogP contribution in [0.4, 0.5) is 11.6 Å². The van der Waals surface area contributed by atoms with Crippen molar-refractivity contribution in [3.8, 4) is 0 Å². The predicted octanol–water partition coefficient (Wildman–Crippen LogP) is 3.58. The second-order valence-electron chi connectivity index (χ2n) is 6.28. The molecule has 3 aromatic rings. The summed E-state index contributed by atoms with van der Waals surface area (Å²) in [4.78, 5) is 27.8. The Hall–Kier alpha value is -3.28. The van der Waals surface area contributed by atoms with E-state index in [-0.39, 0.29) is 5.91 Å². The minimum atomic E-state index is -0.243. The van der Waals surface area contributed by atoms with Gasteiger partial charge >= 0.3 is 0 Å². The highest BCUT2D eigenvalue weighted by Gasteiger charge is 2.15. The first-order valence-corrected chi connectivity index (χ1v) is 8.95. The van der Waals surface area contributed by atoms with Crippen LogP contribution in [0.3, 0.4) is 0 Å². The number of nitrogens with zero attached hydrogens (tertiary/aromatic N) is 4. The molecule has 0 unspecified atom stereocenters. The van der Waals surface area contributed by atoms with Gasteiger partial charge in [0.15, 0.2) is 0 Å². The molecule has 2 aromatic heterocycles. The number of amides is 1. The topological polar surface area (TPSA) is 71.0 Å². The molecule has 0 fully saturated rings. The molecule has 6 heteroatoms. The van der Waals surface area contributed by atoms with Gasteiger partial charge in [-0.25, -0.2) is 9.97 Å². The number of benzene rings is 1. The number of carbonyl (C=O) groups is 1. The SMILES string of the molecule is CCN(c1cccc(C)c1)c1nc(C)cc(C(=O)NCc2ccccn2)n1. The Bertz CT molecular complexity index is 927. The molecule has 0 spiro atoms. The van der Waals surface area contributed by atoms with Crippen molar-refractivity contribution in [1.29, 1.82) is 0 Å². The molecule has 0 aliphatic rings. The number of pyridine rings is 1. The maximum Gasteiger partial charge on any atom is 0.270 e. The Morgan fingerprint density at radius 1 is 1.07 bits per heavy atom. The first-order chi connectivity index (χ1) is 13.1. The molecule has 6 nitrogen and oxygen atoms in total. The third-order valence-corrected chi connectivity index (χ3v) is 4.10. The van der Waals surface area contributed by atoms with Gasteiger partial charge in [0.2, 0.25) is 5.95 Å². The molecule has 0 saturated heterocycles. The Morgan fingerprint density at radius 2 is 1.93 bits per heavy atom. The molecule has 1 aromatic carbocycles. The van der Waals surface area contributed by atoms with E-state index in [2.05, 4.69) is 26.3 Å². The molecule has 1 amide bonds. The second-order valence-corrected chi connectivity index (χ2v) is 6.28. The van der Waals surface area contributed by atoms with E-state index in [1.807, 2.05) is 62.1 Å². The quantitative estimate of drug-likeness (QED) is 0.727. The second kappa shape index (κ2) is 8.40. The van der Waals surface area contributed by atoms with Gasteiger partial charge < -0.3 is 10.2 Å². The number of carbonyl (C=O) groups excluding carboxylic acids is 1. The molecule has 2 heterocycles. The summed E-state index contributed by atoms with van der Waals surface area (Å²) in [6, 6.07) is 15.4. The Balaban J connectivity index is 1.83. The summed E-state index contributed by atoms with van der Waals surface area (Å²) in [7, 11) is 0. The fourth-order valence-electron chi connectivity index (χ4n) is 2.79. The number of anilines is 2. The molecule has 0 aliphatic carbocycles. The van der Waals surface area contributed by atoms with Crippen molar-refractivity contribution < 1.29 is 4.79 Å². The van der Waals surface area contributed by atoms with Crippen molar-refractivity contribution >= 4 is 17.5 Å². The summed E-state index contributed by atoms with van der Waals surface area (Å²) < 4.78 is 0.